The largest absolute Gasteiger partial charge is 0.380 e. The molecular weight excluding hydrogens is 461 g/mol. The van der Waals surface area contributed by atoms with E-state index in [9.17, 15) is 18.0 Å². The van der Waals surface area contributed by atoms with Gasteiger partial charge in [-0.1, -0.05) is 18.2 Å². The van der Waals surface area contributed by atoms with Crippen molar-refractivity contribution in [3.05, 3.63) is 53.1 Å². The molecule has 0 bridgehead atoms. The van der Waals surface area contributed by atoms with Gasteiger partial charge in [0, 0.05) is 43.7 Å². The maximum Gasteiger partial charge on any atom is 0.266 e. The molecule has 0 unspecified atom stereocenters. The van der Waals surface area contributed by atoms with Gasteiger partial charge in [0.25, 0.3) is 6.43 Å². The number of nitrogens with one attached hydrogen (secondary N) is 1. The average molecular weight is 486 g/mol. The van der Waals surface area contributed by atoms with E-state index in [1.807, 2.05) is 11.0 Å². The van der Waals surface area contributed by atoms with E-state index >= 15 is 0 Å². The highest BCUT2D eigenvalue weighted by Gasteiger charge is 2.32. The minimum absolute atomic E-state index is 0.0229. The van der Waals surface area contributed by atoms with E-state index in [4.69, 9.17) is 4.74 Å². The van der Waals surface area contributed by atoms with Gasteiger partial charge in [-0.3, -0.25) is 9.78 Å². The molecule has 35 heavy (non-hydrogen) atoms. The highest BCUT2D eigenvalue weighted by atomic mass is 19.3. The predicted octanol–water partition coefficient (Wildman–Crippen LogP) is 3.32. The number of nitrogens with zero attached hydrogens (tertiary/aromatic N) is 5. The van der Waals surface area contributed by atoms with Gasteiger partial charge in [0.2, 0.25) is 5.91 Å². The zero-order valence-electron chi connectivity index (χ0n) is 19.2. The van der Waals surface area contributed by atoms with Crippen LogP contribution in [0.2, 0.25) is 0 Å². The number of halogens is 3. The molecule has 2 aliphatic rings. The second-order valence-electron chi connectivity index (χ2n) is 8.75. The number of carbonyl (C=O) groups is 1. The number of ether oxygens (including phenoxy) is 1. The normalized spacial score (nSPS) is 16.6. The second kappa shape index (κ2) is 9.65. The molecule has 2 fully saturated rings. The maximum absolute atomic E-state index is 14.5. The monoisotopic (exact) mass is 486 g/mol. The van der Waals surface area contributed by atoms with Crippen molar-refractivity contribution in [2.45, 2.75) is 19.9 Å². The molecule has 2 aromatic heterocycles. The summed E-state index contributed by atoms with van der Waals surface area (Å²) in [5, 5.41) is 12.1. The number of fused-ring (bicyclic) bond motifs is 1. The summed E-state index contributed by atoms with van der Waals surface area (Å²) in [6.45, 7) is 5.33. The lowest BCUT2D eigenvalue weighted by Gasteiger charge is -2.39. The fraction of sp³-hybridized carbons (Fsp3) is 0.417. The molecule has 184 valence electrons. The fourth-order valence-corrected chi connectivity index (χ4v) is 4.36. The van der Waals surface area contributed by atoms with Gasteiger partial charge in [0.1, 0.15) is 5.82 Å². The first-order valence-electron chi connectivity index (χ1n) is 11.5. The van der Waals surface area contributed by atoms with Crippen LogP contribution in [-0.2, 0) is 16.1 Å². The Bertz CT molecular complexity index is 1250. The van der Waals surface area contributed by atoms with Crippen LogP contribution >= 0.6 is 0 Å². The summed E-state index contributed by atoms with van der Waals surface area (Å²) in [4.78, 5) is 21.1. The number of alkyl halides is 2. The van der Waals surface area contributed by atoms with Crippen molar-refractivity contribution in [1.82, 2.24) is 20.1 Å². The molecule has 2 aliphatic heterocycles. The topological polar surface area (TPSA) is 83.5 Å². The maximum atomic E-state index is 14.5. The number of anilines is 2. The lowest BCUT2D eigenvalue weighted by Crippen LogP contribution is -2.53. The third-order valence-corrected chi connectivity index (χ3v) is 6.50. The van der Waals surface area contributed by atoms with E-state index in [0.29, 0.717) is 61.8 Å². The summed E-state index contributed by atoms with van der Waals surface area (Å²) in [6.07, 6.45) is -1.12. The molecule has 2 saturated heterocycles. The Labute approximate surface area is 200 Å². The number of benzene rings is 1. The second-order valence-corrected chi connectivity index (χ2v) is 8.75. The third-order valence-electron chi connectivity index (χ3n) is 6.50. The molecular formula is C24H25F3N6O2. The molecule has 0 saturated carbocycles. The first-order chi connectivity index (χ1) is 16.9. The highest BCUT2D eigenvalue weighted by molar-refractivity contribution is 5.92. The van der Waals surface area contributed by atoms with Gasteiger partial charge in [-0.05, 0) is 13.0 Å². The number of aromatic nitrogens is 3. The molecule has 4 heterocycles. The van der Waals surface area contributed by atoms with E-state index in [0.717, 1.165) is 11.8 Å². The van der Waals surface area contributed by atoms with Crippen molar-refractivity contribution in [1.29, 1.82) is 0 Å². The molecule has 0 spiro atoms. The Balaban J connectivity index is 1.34. The predicted molar refractivity (Wildman–Crippen MR) is 124 cm³/mol. The van der Waals surface area contributed by atoms with Crippen LogP contribution in [-0.4, -0.2) is 65.4 Å². The van der Waals surface area contributed by atoms with E-state index in [1.165, 1.54) is 12.1 Å². The van der Waals surface area contributed by atoms with Crippen LogP contribution in [0.4, 0.5) is 24.7 Å². The quantitative estimate of drug-likeness (QED) is 0.572. The number of hydrogen-bond acceptors (Lipinski definition) is 7. The molecule has 1 N–H and O–H groups in total. The summed E-state index contributed by atoms with van der Waals surface area (Å²) in [5.41, 5.74) is 1.64. The first kappa shape index (κ1) is 23.3. The van der Waals surface area contributed by atoms with E-state index in [-0.39, 0.29) is 23.9 Å². The van der Waals surface area contributed by atoms with Crippen LogP contribution in [0.3, 0.4) is 0 Å². The zero-order valence-corrected chi connectivity index (χ0v) is 19.2. The first-order valence-corrected chi connectivity index (χ1v) is 11.5. The molecule has 1 amide bonds. The van der Waals surface area contributed by atoms with Gasteiger partial charge in [-0.25, -0.2) is 13.2 Å². The van der Waals surface area contributed by atoms with Crippen LogP contribution in [0.1, 0.15) is 23.2 Å². The zero-order chi connectivity index (χ0) is 24.5. The van der Waals surface area contributed by atoms with Crippen LogP contribution < -0.4 is 10.2 Å². The average Bonchev–Trinajstić information content (AvgIpc) is 2.83. The van der Waals surface area contributed by atoms with Crippen LogP contribution in [0.15, 0.2) is 30.5 Å². The van der Waals surface area contributed by atoms with Gasteiger partial charge in [0.05, 0.1) is 47.8 Å². The van der Waals surface area contributed by atoms with Crippen LogP contribution in [0.25, 0.3) is 10.9 Å². The minimum atomic E-state index is -2.89. The number of rotatable bonds is 6. The Morgan fingerprint density at radius 3 is 2.66 bits per heavy atom. The van der Waals surface area contributed by atoms with Gasteiger partial charge in [0.15, 0.2) is 5.82 Å². The Hall–Kier alpha value is -3.47. The van der Waals surface area contributed by atoms with Crippen LogP contribution in [0, 0.1) is 18.7 Å². The van der Waals surface area contributed by atoms with Crippen molar-refractivity contribution in [2.75, 3.05) is 49.6 Å². The number of carbonyl (C=O) groups excluding carboxylic acids is 1. The molecule has 11 heteroatoms. The molecule has 0 atom stereocenters. The lowest BCUT2D eigenvalue weighted by atomic mass is 10.1. The van der Waals surface area contributed by atoms with E-state index in [1.54, 1.807) is 13.1 Å². The number of aryl methyl sites for hydroxylation is 1. The standard InChI is InChI=1S/C24H25F3N6O2/c1-14-21-19(23(31-30-14)29-10-15-3-2-4-18(20(15)25)22(26)27)9-17(11-28-21)32-5-7-33(8-6-32)24(34)16-12-35-13-16/h2-4,9,11,16,22H,5-8,10,12-13H2,1H3,(H,29,31). The number of amides is 1. The van der Waals surface area contributed by atoms with Gasteiger partial charge in [-0.2, -0.15) is 5.10 Å². The smallest absolute Gasteiger partial charge is 0.266 e. The lowest BCUT2D eigenvalue weighted by molar-refractivity contribution is -0.150. The van der Waals surface area contributed by atoms with Crippen molar-refractivity contribution < 1.29 is 22.7 Å². The molecule has 0 aliphatic carbocycles. The summed E-state index contributed by atoms with van der Waals surface area (Å²) in [6, 6.07) is 5.88. The highest BCUT2D eigenvalue weighted by Crippen LogP contribution is 2.29. The van der Waals surface area contributed by atoms with E-state index in [2.05, 4.69) is 25.4 Å². The van der Waals surface area contributed by atoms with Crippen molar-refractivity contribution in [2.24, 2.45) is 5.92 Å². The number of hydrogen-bond donors (Lipinski definition) is 1. The summed E-state index contributed by atoms with van der Waals surface area (Å²) in [7, 11) is 0. The summed E-state index contributed by atoms with van der Waals surface area (Å²) >= 11 is 0. The van der Waals surface area contributed by atoms with Gasteiger partial charge < -0.3 is 19.9 Å². The number of piperazine rings is 1. The Morgan fingerprint density at radius 2 is 1.97 bits per heavy atom. The Kier molecular flexibility index (Phi) is 6.42. The SMILES string of the molecule is Cc1nnc(NCc2cccc(C(F)F)c2F)c2cc(N3CCN(C(=O)C4COC4)CC3)cnc12. The van der Waals surface area contributed by atoms with Crippen molar-refractivity contribution in [3.8, 4) is 0 Å². The molecule has 1 aromatic carbocycles. The minimum Gasteiger partial charge on any atom is -0.380 e. The number of pyridine rings is 1. The van der Waals surface area contributed by atoms with Crippen molar-refractivity contribution >= 4 is 28.3 Å². The Morgan fingerprint density at radius 1 is 1.20 bits per heavy atom. The fourth-order valence-electron chi connectivity index (χ4n) is 4.36. The van der Waals surface area contributed by atoms with Crippen molar-refractivity contribution in [3.63, 3.8) is 0 Å². The van der Waals surface area contributed by atoms with Gasteiger partial charge >= 0.3 is 0 Å². The summed E-state index contributed by atoms with van der Waals surface area (Å²) in [5.74, 6) is -0.418. The van der Waals surface area contributed by atoms with Crippen LogP contribution in [0.5, 0.6) is 0 Å². The molecule has 5 rings (SSSR count). The molecule has 0 radical (unpaired) electrons. The van der Waals surface area contributed by atoms with Gasteiger partial charge in [-0.15, -0.1) is 5.10 Å². The molecule has 3 aromatic rings. The third kappa shape index (κ3) is 4.60. The summed E-state index contributed by atoms with van der Waals surface area (Å²) < 4.78 is 45.7. The van der Waals surface area contributed by atoms with E-state index < -0.39 is 17.8 Å². The molecule has 8 nitrogen and oxygen atoms in total.